The highest BCUT2D eigenvalue weighted by Crippen LogP contribution is 2.15. The van der Waals surface area contributed by atoms with Crippen LogP contribution in [0.15, 0.2) is 48.9 Å². The van der Waals surface area contributed by atoms with Gasteiger partial charge >= 0.3 is 5.97 Å². The summed E-state index contributed by atoms with van der Waals surface area (Å²) in [4.78, 5) is 34.9. The van der Waals surface area contributed by atoms with E-state index < -0.39 is 11.9 Å². The number of nitrogens with zero attached hydrogens (tertiary/aromatic N) is 4. The Morgan fingerprint density at radius 3 is 2.22 bits per heavy atom. The van der Waals surface area contributed by atoms with Crippen molar-refractivity contribution in [3.63, 3.8) is 0 Å². The van der Waals surface area contributed by atoms with Crippen molar-refractivity contribution in [3.05, 3.63) is 60.2 Å². The van der Waals surface area contributed by atoms with E-state index in [1.807, 2.05) is 0 Å². The maximum absolute atomic E-state index is 12.2. The summed E-state index contributed by atoms with van der Waals surface area (Å²) < 4.78 is 2.69. The smallest absolute Gasteiger partial charge is 0.325 e. The minimum atomic E-state index is -1.05. The summed E-state index contributed by atoms with van der Waals surface area (Å²) in [7, 11) is 1.72. The average molecular weight is 368 g/mol. The average Bonchev–Trinajstić information content (AvgIpc) is 3.25. The second-order valence-corrected chi connectivity index (χ2v) is 5.68. The molecule has 10 heteroatoms. The normalized spacial score (nSPS) is 10.4. The van der Waals surface area contributed by atoms with Crippen molar-refractivity contribution in [1.82, 2.24) is 19.6 Å². The van der Waals surface area contributed by atoms with Crippen molar-refractivity contribution in [3.8, 4) is 0 Å². The van der Waals surface area contributed by atoms with Gasteiger partial charge in [-0.1, -0.05) is 0 Å². The Bertz CT molecular complexity index is 989. The third-order valence-corrected chi connectivity index (χ3v) is 3.54. The molecule has 0 spiro atoms. The molecule has 0 unspecified atom stereocenters. The Morgan fingerprint density at radius 2 is 1.67 bits per heavy atom. The molecule has 0 bridgehead atoms. The fourth-order valence-corrected chi connectivity index (χ4v) is 2.28. The van der Waals surface area contributed by atoms with Crippen LogP contribution in [0.2, 0.25) is 0 Å². The van der Waals surface area contributed by atoms with E-state index in [-0.39, 0.29) is 18.0 Å². The summed E-state index contributed by atoms with van der Waals surface area (Å²) in [6, 6.07) is 8.16. The predicted octanol–water partition coefficient (Wildman–Crippen LogP) is 1.21. The number of benzene rings is 1. The van der Waals surface area contributed by atoms with Crippen molar-refractivity contribution in [2.24, 2.45) is 7.05 Å². The monoisotopic (exact) mass is 368 g/mol. The molecule has 2 aromatic heterocycles. The van der Waals surface area contributed by atoms with E-state index in [1.165, 1.54) is 17.1 Å². The molecular formula is C17H16N6O4. The minimum absolute atomic E-state index is 0.240. The van der Waals surface area contributed by atoms with Crippen LogP contribution in [0.5, 0.6) is 0 Å². The van der Waals surface area contributed by atoms with Crippen LogP contribution in [0.4, 0.5) is 11.4 Å². The molecule has 138 valence electrons. The molecule has 3 N–H and O–H groups in total. The van der Waals surface area contributed by atoms with Crippen LogP contribution in [0.3, 0.4) is 0 Å². The van der Waals surface area contributed by atoms with Gasteiger partial charge in [-0.15, -0.1) is 0 Å². The predicted molar refractivity (Wildman–Crippen MR) is 95.4 cm³/mol. The highest BCUT2D eigenvalue weighted by molar-refractivity contribution is 6.05. The number of carbonyl (C=O) groups is 3. The summed E-state index contributed by atoms with van der Waals surface area (Å²) >= 11 is 0. The number of nitrogens with one attached hydrogen (secondary N) is 2. The number of aryl methyl sites for hydroxylation is 1. The Kier molecular flexibility index (Phi) is 4.97. The van der Waals surface area contributed by atoms with Crippen molar-refractivity contribution in [1.29, 1.82) is 0 Å². The molecule has 3 aromatic rings. The van der Waals surface area contributed by atoms with E-state index in [0.29, 0.717) is 17.1 Å². The topological polar surface area (TPSA) is 131 Å². The first-order valence-corrected chi connectivity index (χ1v) is 7.87. The number of hydrogen-bond donors (Lipinski definition) is 3. The Labute approximate surface area is 153 Å². The molecule has 0 saturated carbocycles. The lowest BCUT2D eigenvalue weighted by molar-refractivity contribution is -0.137. The molecule has 0 aliphatic rings. The lowest BCUT2D eigenvalue weighted by Gasteiger charge is -2.06. The molecule has 2 amide bonds. The number of rotatable bonds is 6. The molecule has 27 heavy (non-hydrogen) atoms. The van der Waals surface area contributed by atoms with Gasteiger partial charge in [0.2, 0.25) is 0 Å². The van der Waals surface area contributed by atoms with E-state index in [9.17, 15) is 14.4 Å². The first kappa shape index (κ1) is 17.9. The van der Waals surface area contributed by atoms with Gasteiger partial charge < -0.3 is 15.7 Å². The van der Waals surface area contributed by atoms with Gasteiger partial charge in [0.1, 0.15) is 6.54 Å². The Morgan fingerprint density at radius 1 is 1.04 bits per heavy atom. The number of carboxylic acids is 1. The zero-order chi connectivity index (χ0) is 19.4. The number of amides is 2. The van der Waals surface area contributed by atoms with Gasteiger partial charge in [0.15, 0.2) is 5.69 Å². The van der Waals surface area contributed by atoms with Crippen LogP contribution in [-0.2, 0) is 18.4 Å². The molecule has 0 aliphatic carbocycles. The summed E-state index contributed by atoms with van der Waals surface area (Å²) in [5, 5.41) is 21.9. The second kappa shape index (κ2) is 7.52. The molecule has 3 rings (SSSR count). The zero-order valence-corrected chi connectivity index (χ0v) is 14.3. The van der Waals surface area contributed by atoms with E-state index in [0.717, 1.165) is 4.68 Å². The molecule has 10 nitrogen and oxygen atoms in total. The number of carbonyl (C=O) groups excluding carboxylic acids is 2. The summed E-state index contributed by atoms with van der Waals surface area (Å²) in [5.41, 5.74) is 1.61. The highest BCUT2D eigenvalue weighted by atomic mass is 16.4. The van der Waals surface area contributed by atoms with Gasteiger partial charge in [0.05, 0.1) is 11.8 Å². The zero-order valence-electron chi connectivity index (χ0n) is 14.3. The molecule has 0 radical (unpaired) electrons. The standard InChI is InChI=1S/C17H16N6O4/c1-22-7-6-14(21-22)17(27)20-13-4-2-12(3-5-13)19-16(26)11-8-18-23(9-11)10-15(24)25/h2-9H,10H2,1H3,(H,19,26)(H,20,27)(H,24,25). The van der Waals surface area contributed by atoms with Gasteiger partial charge in [-0.05, 0) is 30.3 Å². The van der Waals surface area contributed by atoms with Gasteiger partial charge in [-0.3, -0.25) is 23.7 Å². The first-order valence-electron chi connectivity index (χ1n) is 7.87. The molecule has 0 fully saturated rings. The van der Waals surface area contributed by atoms with Crippen LogP contribution in [-0.4, -0.2) is 42.5 Å². The third-order valence-electron chi connectivity index (χ3n) is 3.54. The molecular weight excluding hydrogens is 352 g/mol. The third kappa shape index (κ3) is 4.57. The molecule has 0 atom stereocenters. The van der Waals surface area contributed by atoms with Gasteiger partial charge in [-0.25, -0.2) is 0 Å². The largest absolute Gasteiger partial charge is 0.480 e. The SMILES string of the molecule is Cn1ccc(C(=O)Nc2ccc(NC(=O)c3cnn(CC(=O)O)c3)cc2)n1. The van der Waals surface area contributed by atoms with Crippen LogP contribution >= 0.6 is 0 Å². The Hall–Kier alpha value is -3.95. The van der Waals surface area contributed by atoms with E-state index >= 15 is 0 Å². The number of aliphatic carboxylic acids is 1. The van der Waals surface area contributed by atoms with Crippen LogP contribution in [0, 0.1) is 0 Å². The minimum Gasteiger partial charge on any atom is -0.480 e. The second-order valence-electron chi connectivity index (χ2n) is 5.68. The van der Waals surface area contributed by atoms with E-state index in [2.05, 4.69) is 20.8 Å². The molecule has 1 aromatic carbocycles. The molecule has 0 aliphatic heterocycles. The number of hydrogen-bond acceptors (Lipinski definition) is 5. The Balaban J connectivity index is 1.60. The summed E-state index contributed by atoms with van der Waals surface area (Å²) in [6.45, 7) is -0.321. The maximum atomic E-state index is 12.2. The van der Waals surface area contributed by atoms with Gasteiger partial charge in [0.25, 0.3) is 11.8 Å². The fraction of sp³-hybridized carbons (Fsp3) is 0.118. The lowest BCUT2D eigenvalue weighted by Crippen LogP contribution is -2.14. The van der Waals surface area contributed by atoms with Gasteiger partial charge in [0, 0.05) is 30.8 Å². The van der Waals surface area contributed by atoms with Crippen molar-refractivity contribution in [2.75, 3.05) is 10.6 Å². The fourth-order valence-electron chi connectivity index (χ4n) is 2.28. The number of aromatic nitrogens is 4. The summed E-state index contributed by atoms with van der Waals surface area (Å²) in [6.07, 6.45) is 4.32. The number of carboxylic acid groups (broad SMARTS) is 1. The maximum Gasteiger partial charge on any atom is 0.325 e. The first-order chi connectivity index (χ1) is 12.9. The quantitative estimate of drug-likeness (QED) is 0.599. The van der Waals surface area contributed by atoms with E-state index in [4.69, 9.17) is 5.11 Å². The van der Waals surface area contributed by atoms with Crippen LogP contribution in [0.25, 0.3) is 0 Å². The highest BCUT2D eigenvalue weighted by Gasteiger charge is 2.11. The van der Waals surface area contributed by atoms with Crippen molar-refractivity contribution in [2.45, 2.75) is 6.54 Å². The summed E-state index contributed by atoms with van der Waals surface area (Å²) in [5.74, 6) is -1.80. The number of anilines is 2. The van der Waals surface area contributed by atoms with Crippen molar-refractivity contribution < 1.29 is 19.5 Å². The molecule has 2 heterocycles. The van der Waals surface area contributed by atoms with E-state index in [1.54, 1.807) is 43.6 Å². The van der Waals surface area contributed by atoms with Gasteiger partial charge in [-0.2, -0.15) is 10.2 Å². The van der Waals surface area contributed by atoms with Crippen LogP contribution in [0.1, 0.15) is 20.8 Å². The molecule has 0 saturated heterocycles. The lowest BCUT2D eigenvalue weighted by atomic mass is 10.2. The van der Waals surface area contributed by atoms with Crippen LogP contribution < -0.4 is 10.6 Å². The van der Waals surface area contributed by atoms with Crippen molar-refractivity contribution >= 4 is 29.2 Å².